The van der Waals surface area contributed by atoms with Crippen LogP contribution in [0.2, 0.25) is 0 Å². The van der Waals surface area contributed by atoms with E-state index in [0.29, 0.717) is 11.3 Å². The number of hydrogen-bond donors (Lipinski definition) is 0. The lowest BCUT2D eigenvalue weighted by Gasteiger charge is -2.57. The summed E-state index contributed by atoms with van der Waals surface area (Å²) in [6.07, 6.45) is 9.47. The number of fused-ring (bicyclic) bond motifs is 3. The molecule has 140 valence electrons. The van der Waals surface area contributed by atoms with Crippen molar-refractivity contribution in [2.45, 2.75) is 76.7 Å². The van der Waals surface area contributed by atoms with Crippen molar-refractivity contribution in [3.8, 4) is 5.75 Å². The molecule has 0 saturated heterocycles. The summed E-state index contributed by atoms with van der Waals surface area (Å²) in [5.41, 5.74) is 3.40. The fourth-order valence-electron chi connectivity index (χ4n) is 7.88. The number of benzene rings is 1. The van der Waals surface area contributed by atoms with Crippen LogP contribution in [-0.4, -0.2) is 18.7 Å². The van der Waals surface area contributed by atoms with E-state index in [1.54, 1.807) is 19.6 Å². The van der Waals surface area contributed by atoms with Crippen molar-refractivity contribution < 1.29 is 14.3 Å². The summed E-state index contributed by atoms with van der Waals surface area (Å²) in [5.74, 6) is 2.30. The molecular formula is C23H30O3. The maximum Gasteiger partial charge on any atom is 0.303 e. The normalized spacial score (nSPS) is 42.6. The van der Waals surface area contributed by atoms with E-state index < -0.39 is 0 Å². The summed E-state index contributed by atoms with van der Waals surface area (Å²) in [7, 11) is 1.75. The minimum atomic E-state index is -0.190. The Hall–Kier alpha value is -1.51. The minimum Gasteiger partial charge on any atom is -0.497 e. The number of ether oxygens (including phenoxy) is 2. The Morgan fingerprint density at radius 3 is 2.58 bits per heavy atom. The molecule has 4 aliphatic carbocycles. The second-order valence-corrected chi connectivity index (χ2v) is 9.43. The highest BCUT2D eigenvalue weighted by Crippen LogP contribution is 2.78. The third-order valence-electron chi connectivity index (χ3n) is 9.02. The number of esters is 1. The number of aryl methyl sites for hydroxylation is 1. The molecule has 0 unspecified atom stereocenters. The van der Waals surface area contributed by atoms with Gasteiger partial charge in [-0.3, -0.25) is 4.79 Å². The fourth-order valence-corrected chi connectivity index (χ4v) is 7.88. The van der Waals surface area contributed by atoms with E-state index in [2.05, 4.69) is 25.1 Å². The molecule has 0 radical (unpaired) electrons. The third kappa shape index (κ3) is 1.82. The maximum atomic E-state index is 11.9. The Bertz CT molecular complexity index is 759. The first kappa shape index (κ1) is 16.6. The van der Waals surface area contributed by atoms with Gasteiger partial charge >= 0.3 is 5.97 Å². The number of carbonyl (C=O) groups is 1. The van der Waals surface area contributed by atoms with E-state index in [1.165, 1.54) is 37.7 Å². The number of carbonyl (C=O) groups excluding carboxylic acids is 1. The largest absolute Gasteiger partial charge is 0.497 e. The Kier molecular flexibility index (Phi) is 3.37. The lowest BCUT2D eigenvalue weighted by molar-refractivity contribution is -0.174. The standard InChI is InChI=1S/C23H30O3/c1-15(24)26-23-12-10-22(11-13-23)20-7-4-16-14-17(25-3)5-6-18(16)19(20)8-9-21(22,23)2/h5-6,14,19-20H,4,7-13H2,1-3H3/t19-,20-,21+,22-,23-/m1/s1. The van der Waals surface area contributed by atoms with Crippen molar-refractivity contribution >= 4 is 5.97 Å². The molecule has 3 heteroatoms. The van der Waals surface area contributed by atoms with Gasteiger partial charge in [0.1, 0.15) is 11.4 Å². The first-order valence-corrected chi connectivity index (χ1v) is 10.3. The van der Waals surface area contributed by atoms with Crippen LogP contribution in [0.3, 0.4) is 0 Å². The van der Waals surface area contributed by atoms with Gasteiger partial charge in [0.15, 0.2) is 0 Å². The lowest BCUT2D eigenvalue weighted by atomic mass is 9.48. The van der Waals surface area contributed by atoms with Crippen molar-refractivity contribution in [1.29, 1.82) is 0 Å². The molecule has 3 fully saturated rings. The zero-order valence-electron chi connectivity index (χ0n) is 16.3. The first-order valence-electron chi connectivity index (χ1n) is 10.3. The van der Waals surface area contributed by atoms with Gasteiger partial charge in [0.05, 0.1) is 7.11 Å². The molecule has 0 aliphatic heterocycles. The van der Waals surface area contributed by atoms with Crippen LogP contribution in [0.1, 0.15) is 75.8 Å². The fraction of sp³-hybridized carbons (Fsp3) is 0.696. The van der Waals surface area contributed by atoms with Gasteiger partial charge < -0.3 is 9.47 Å². The third-order valence-corrected chi connectivity index (χ3v) is 9.02. The molecule has 3 nitrogen and oxygen atoms in total. The van der Waals surface area contributed by atoms with E-state index in [0.717, 1.165) is 30.9 Å². The van der Waals surface area contributed by atoms with Crippen molar-refractivity contribution in [3.63, 3.8) is 0 Å². The van der Waals surface area contributed by atoms with E-state index in [-0.39, 0.29) is 17.0 Å². The van der Waals surface area contributed by atoms with Crippen LogP contribution in [0.5, 0.6) is 5.75 Å². The Morgan fingerprint density at radius 2 is 1.88 bits per heavy atom. The highest BCUT2D eigenvalue weighted by Gasteiger charge is 2.75. The summed E-state index contributed by atoms with van der Waals surface area (Å²) in [6.45, 7) is 4.04. The van der Waals surface area contributed by atoms with Crippen LogP contribution in [0, 0.1) is 16.7 Å². The van der Waals surface area contributed by atoms with Gasteiger partial charge in [-0.05, 0) is 91.9 Å². The second kappa shape index (κ2) is 5.27. The van der Waals surface area contributed by atoms with Crippen molar-refractivity contribution in [1.82, 2.24) is 0 Å². The molecule has 4 aliphatic rings. The van der Waals surface area contributed by atoms with Crippen molar-refractivity contribution in [3.05, 3.63) is 29.3 Å². The Morgan fingerprint density at radius 1 is 1.12 bits per heavy atom. The summed E-state index contributed by atoms with van der Waals surface area (Å²) in [4.78, 5) is 11.9. The molecule has 0 spiro atoms. The van der Waals surface area contributed by atoms with Gasteiger partial charge in [-0.15, -0.1) is 0 Å². The SMILES string of the molecule is COc1ccc2c(c1)CC[C@@H]1[C@@H]2CC[C@]2(C)[C@]3(OC(C)=O)CC[C@]12CC3. The van der Waals surface area contributed by atoms with Crippen LogP contribution in [0.15, 0.2) is 18.2 Å². The predicted molar refractivity (Wildman–Crippen MR) is 100 cm³/mol. The molecule has 0 amide bonds. The monoisotopic (exact) mass is 354 g/mol. The van der Waals surface area contributed by atoms with Crippen LogP contribution < -0.4 is 4.74 Å². The molecule has 1 aromatic rings. The molecule has 2 bridgehead atoms. The molecule has 26 heavy (non-hydrogen) atoms. The summed E-state index contributed by atoms with van der Waals surface area (Å²) in [6, 6.07) is 6.72. The summed E-state index contributed by atoms with van der Waals surface area (Å²) in [5, 5.41) is 0. The smallest absolute Gasteiger partial charge is 0.303 e. The summed E-state index contributed by atoms with van der Waals surface area (Å²) < 4.78 is 11.5. The van der Waals surface area contributed by atoms with E-state index in [4.69, 9.17) is 9.47 Å². The molecule has 5 rings (SSSR count). The van der Waals surface area contributed by atoms with Gasteiger partial charge in [0.2, 0.25) is 0 Å². The van der Waals surface area contributed by atoms with Gasteiger partial charge in [-0.1, -0.05) is 13.0 Å². The highest BCUT2D eigenvalue weighted by molar-refractivity contribution is 5.67. The Balaban J connectivity index is 1.54. The van der Waals surface area contributed by atoms with Crippen LogP contribution in [-0.2, 0) is 16.0 Å². The number of rotatable bonds is 2. The van der Waals surface area contributed by atoms with E-state index >= 15 is 0 Å². The van der Waals surface area contributed by atoms with Gasteiger partial charge in [0, 0.05) is 12.3 Å². The van der Waals surface area contributed by atoms with Crippen molar-refractivity contribution in [2.24, 2.45) is 16.7 Å². The molecule has 0 heterocycles. The van der Waals surface area contributed by atoms with Gasteiger partial charge in [-0.25, -0.2) is 0 Å². The van der Waals surface area contributed by atoms with E-state index in [9.17, 15) is 4.79 Å². The number of hydrogen-bond acceptors (Lipinski definition) is 3. The van der Waals surface area contributed by atoms with Gasteiger partial charge in [-0.2, -0.15) is 0 Å². The lowest BCUT2D eigenvalue weighted by Crippen LogP contribution is -2.53. The van der Waals surface area contributed by atoms with Crippen LogP contribution in [0.4, 0.5) is 0 Å². The van der Waals surface area contributed by atoms with Crippen LogP contribution >= 0.6 is 0 Å². The Labute approximate surface area is 156 Å². The second-order valence-electron chi connectivity index (χ2n) is 9.43. The van der Waals surface area contributed by atoms with Crippen molar-refractivity contribution in [2.75, 3.05) is 7.11 Å². The van der Waals surface area contributed by atoms with E-state index in [1.807, 2.05) is 0 Å². The molecule has 1 aromatic carbocycles. The predicted octanol–water partition coefficient (Wildman–Crippen LogP) is 5.02. The molecule has 3 saturated carbocycles. The zero-order chi connectivity index (χ0) is 18.2. The molecule has 0 N–H and O–H groups in total. The quantitative estimate of drug-likeness (QED) is 0.700. The minimum absolute atomic E-state index is 0.0906. The van der Waals surface area contributed by atoms with Crippen LogP contribution in [0.25, 0.3) is 0 Å². The number of methoxy groups -OCH3 is 1. The molecule has 0 aromatic heterocycles. The average molecular weight is 354 g/mol. The molecular weight excluding hydrogens is 324 g/mol. The van der Waals surface area contributed by atoms with Gasteiger partial charge in [0.25, 0.3) is 0 Å². The summed E-state index contributed by atoms with van der Waals surface area (Å²) >= 11 is 0. The molecule has 3 atom stereocenters. The topological polar surface area (TPSA) is 35.5 Å². The maximum absolute atomic E-state index is 11.9. The zero-order valence-corrected chi connectivity index (χ0v) is 16.3. The average Bonchev–Trinajstić information content (AvgIpc) is 3.03. The first-order chi connectivity index (χ1) is 12.4. The highest BCUT2D eigenvalue weighted by atomic mass is 16.6.